The maximum absolute atomic E-state index is 11.1. The first kappa shape index (κ1) is 16.8. The van der Waals surface area contributed by atoms with E-state index in [4.69, 9.17) is 9.47 Å². The highest BCUT2D eigenvalue weighted by atomic mass is 16.6. The van der Waals surface area contributed by atoms with Gasteiger partial charge in [0.1, 0.15) is 17.2 Å². The van der Waals surface area contributed by atoms with Crippen molar-refractivity contribution < 1.29 is 19.3 Å². The van der Waals surface area contributed by atoms with Crippen LogP contribution in [-0.2, 0) is 0 Å². The molecular weight excluding hydrogens is 320 g/mol. The Kier molecular flexibility index (Phi) is 5.00. The number of hydrogen-bond acceptors (Lipinski definition) is 8. The average Bonchev–Trinajstić information content (AvgIpc) is 2.59. The van der Waals surface area contributed by atoms with Crippen molar-refractivity contribution in [2.45, 2.75) is 0 Å². The van der Waals surface area contributed by atoms with Crippen LogP contribution in [0.3, 0.4) is 0 Å². The summed E-state index contributed by atoms with van der Waals surface area (Å²) in [5.74, 6) is 0.912. The first-order valence-corrected chi connectivity index (χ1v) is 6.53. The zero-order valence-electron chi connectivity index (χ0n) is 12.7. The van der Waals surface area contributed by atoms with Crippen molar-refractivity contribution in [3.8, 4) is 11.5 Å². The molecule has 0 amide bonds. The predicted molar refractivity (Wildman–Crippen MR) is 83.5 cm³/mol. The summed E-state index contributed by atoms with van der Waals surface area (Å²) in [5.41, 5.74) is -0.697. The maximum Gasteiger partial charge on any atom is 0.303 e. The molecule has 0 N–H and O–H groups in total. The number of nitro benzene ring substituents is 2. The minimum Gasteiger partial charge on any atom is -0.497 e. The Hall–Kier alpha value is -3.56. The lowest BCUT2D eigenvalue weighted by Gasteiger charge is -2.06. The van der Waals surface area contributed by atoms with Gasteiger partial charge in [0.05, 0.1) is 30.1 Å². The lowest BCUT2D eigenvalue weighted by molar-refractivity contribution is -0.393. The molecule has 0 saturated carbocycles. The first-order valence-electron chi connectivity index (χ1n) is 6.53. The number of methoxy groups -OCH3 is 2. The molecule has 2 aromatic carbocycles. The SMILES string of the molecule is COc1ccc(N=Nc2ccc([N+](=O)[O-])cc2[N+](=O)[O-])c(OC)c1. The molecule has 0 heterocycles. The molecule has 10 nitrogen and oxygen atoms in total. The van der Waals surface area contributed by atoms with E-state index in [0.717, 1.165) is 18.2 Å². The summed E-state index contributed by atoms with van der Waals surface area (Å²) in [4.78, 5) is 20.3. The molecule has 0 aromatic heterocycles. The van der Waals surface area contributed by atoms with Crippen LogP contribution in [-0.4, -0.2) is 24.1 Å². The fourth-order valence-corrected chi connectivity index (χ4v) is 1.83. The number of ether oxygens (including phenoxy) is 2. The Bertz CT molecular complexity index is 821. The third-order valence-electron chi connectivity index (χ3n) is 3.02. The number of nitro groups is 2. The summed E-state index contributed by atoms with van der Waals surface area (Å²) in [6, 6.07) is 7.89. The monoisotopic (exact) mass is 332 g/mol. The van der Waals surface area contributed by atoms with Crippen molar-refractivity contribution in [3.05, 3.63) is 56.6 Å². The van der Waals surface area contributed by atoms with Gasteiger partial charge in [0, 0.05) is 12.1 Å². The van der Waals surface area contributed by atoms with Crippen LogP contribution in [0.25, 0.3) is 0 Å². The molecule has 0 aliphatic heterocycles. The molecule has 0 saturated heterocycles. The van der Waals surface area contributed by atoms with Gasteiger partial charge in [-0.1, -0.05) is 0 Å². The highest BCUT2D eigenvalue weighted by Gasteiger charge is 2.19. The Morgan fingerprint density at radius 1 is 0.875 bits per heavy atom. The van der Waals surface area contributed by atoms with Gasteiger partial charge >= 0.3 is 5.69 Å². The van der Waals surface area contributed by atoms with Gasteiger partial charge in [-0.15, -0.1) is 10.2 Å². The molecular formula is C14H12N4O6. The van der Waals surface area contributed by atoms with E-state index >= 15 is 0 Å². The van der Waals surface area contributed by atoms with Crippen LogP contribution in [0.15, 0.2) is 46.6 Å². The van der Waals surface area contributed by atoms with Gasteiger partial charge in [-0.25, -0.2) is 0 Å². The molecule has 0 atom stereocenters. The molecule has 0 fully saturated rings. The number of nitrogens with zero attached hydrogens (tertiary/aromatic N) is 4. The largest absolute Gasteiger partial charge is 0.497 e. The van der Waals surface area contributed by atoms with Crippen LogP contribution in [0.4, 0.5) is 22.7 Å². The van der Waals surface area contributed by atoms with Crippen LogP contribution < -0.4 is 9.47 Å². The molecule has 0 bridgehead atoms. The lowest BCUT2D eigenvalue weighted by Crippen LogP contribution is -1.92. The van der Waals surface area contributed by atoms with E-state index in [1.807, 2.05) is 0 Å². The van der Waals surface area contributed by atoms with E-state index in [9.17, 15) is 20.2 Å². The Balaban J connectivity index is 2.42. The maximum atomic E-state index is 11.1. The molecule has 0 aliphatic rings. The Labute approximate surface area is 135 Å². The highest BCUT2D eigenvalue weighted by Crippen LogP contribution is 2.35. The molecule has 124 valence electrons. The lowest BCUT2D eigenvalue weighted by atomic mass is 10.2. The molecule has 0 spiro atoms. The quantitative estimate of drug-likeness (QED) is 0.447. The number of rotatable bonds is 6. The standard InChI is InChI=1S/C14H12N4O6/c1-23-10-4-6-12(14(8-10)24-2)16-15-11-5-3-9(17(19)20)7-13(11)18(21)22/h3-8H,1-2H3. The summed E-state index contributed by atoms with van der Waals surface area (Å²) < 4.78 is 10.2. The second-order valence-corrected chi connectivity index (χ2v) is 4.43. The second kappa shape index (κ2) is 7.13. The van der Waals surface area contributed by atoms with Gasteiger partial charge in [-0.3, -0.25) is 20.2 Å². The van der Waals surface area contributed by atoms with Gasteiger partial charge in [-0.2, -0.15) is 0 Å². The van der Waals surface area contributed by atoms with Crippen molar-refractivity contribution in [1.29, 1.82) is 0 Å². The van der Waals surface area contributed by atoms with E-state index in [0.29, 0.717) is 17.2 Å². The molecule has 0 unspecified atom stereocenters. The second-order valence-electron chi connectivity index (χ2n) is 4.43. The van der Waals surface area contributed by atoms with E-state index in [-0.39, 0.29) is 5.69 Å². The Morgan fingerprint density at radius 3 is 2.12 bits per heavy atom. The van der Waals surface area contributed by atoms with E-state index in [1.165, 1.54) is 14.2 Å². The van der Waals surface area contributed by atoms with E-state index in [1.54, 1.807) is 18.2 Å². The van der Waals surface area contributed by atoms with Gasteiger partial charge in [0.2, 0.25) is 0 Å². The number of azo groups is 1. The summed E-state index contributed by atoms with van der Waals surface area (Å²) in [7, 11) is 2.93. The van der Waals surface area contributed by atoms with Crippen molar-refractivity contribution in [2.75, 3.05) is 14.2 Å². The van der Waals surface area contributed by atoms with Crippen LogP contribution in [0.1, 0.15) is 0 Å². The third-order valence-corrected chi connectivity index (χ3v) is 3.02. The van der Waals surface area contributed by atoms with E-state index in [2.05, 4.69) is 10.2 Å². The van der Waals surface area contributed by atoms with Gasteiger partial charge < -0.3 is 9.47 Å². The van der Waals surface area contributed by atoms with Gasteiger partial charge in [0.25, 0.3) is 5.69 Å². The summed E-state index contributed by atoms with van der Waals surface area (Å²) in [6.07, 6.45) is 0. The molecule has 2 rings (SSSR count). The van der Waals surface area contributed by atoms with Gasteiger partial charge in [-0.05, 0) is 18.2 Å². The zero-order valence-corrected chi connectivity index (χ0v) is 12.7. The summed E-state index contributed by atoms with van der Waals surface area (Å²) in [5, 5.41) is 29.5. The van der Waals surface area contributed by atoms with Crippen molar-refractivity contribution in [1.82, 2.24) is 0 Å². The average molecular weight is 332 g/mol. The molecule has 2 aromatic rings. The van der Waals surface area contributed by atoms with Crippen LogP contribution in [0.2, 0.25) is 0 Å². The zero-order chi connectivity index (χ0) is 17.7. The first-order chi connectivity index (χ1) is 11.5. The highest BCUT2D eigenvalue weighted by molar-refractivity contribution is 5.62. The molecule has 0 radical (unpaired) electrons. The van der Waals surface area contributed by atoms with Crippen molar-refractivity contribution in [2.24, 2.45) is 10.2 Å². The Morgan fingerprint density at radius 2 is 1.54 bits per heavy atom. The molecule has 10 heteroatoms. The smallest absolute Gasteiger partial charge is 0.303 e. The van der Waals surface area contributed by atoms with Crippen LogP contribution in [0.5, 0.6) is 11.5 Å². The normalized spacial score (nSPS) is 10.6. The summed E-state index contributed by atoms with van der Waals surface area (Å²) >= 11 is 0. The van der Waals surface area contributed by atoms with Gasteiger partial charge in [0.15, 0.2) is 5.69 Å². The van der Waals surface area contributed by atoms with E-state index < -0.39 is 21.2 Å². The van der Waals surface area contributed by atoms with Crippen molar-refractivity contribution in [3.63, 3.8) is 0 Å². The van der Waals surface area contributed by atoms with Crippen LogP contribution >= 0.6 is 0 Å². The number of hydrogen-bond donors (Lipinski definition) is 0. The minimum absolute atomic E-state index is 0.108. The number of benzene rings is 2. The minimum atomic E-state index is -0.757. The van der Waals surface area contributed by atoms with Crippen molar-refractivity contribution >= 4 is 22.7 Å². The fraction of sp³-hybridized carbons (Fsp3) is 0.143. The topological polar surface area (TPSA) is 129 Å². The molecule has 24 heavy (non-hydrogen) atoms. The summed E-state index contributed by atoms with van der Waals surface area (Å²) in [6.45, 7) is 0. The van der Waals surface area contributed by atoms with Crippen LogP contribution in [0, 0.1) is 20.2 Å². The third kappa shape index (κ3) is 3.61. The predicted octanol–water partition coefficient (Wildman–Crippen LogP) is 3.94. The fourth-order valence-electron chi connectivity index (χ4n) is 1.83. The molecule has 0 aliphatic carbocycles. The number of non-ortho nitro benzene ring substituents is 1.